The maximum Gasteiger partial charge on any atom is 0.226 e. The van der Waals surface area contributed by atoms with Crippen LogP contribution in [-0.4, -0.2) is 42.9 Å². The number of carbonyl (C=O) groups excluding carboxylic acids is 1. The third-order valence-electron chi connectivity index (χ3n) is 4.17. The van der Waals surface area contributed by atoms with Crippen LogP contribution >= 0.6 is 15.9 Å². The SMILES string of the molecule is COCCN(CCBr)C(=O)C1C2CCCCC21. The van der Waals surface area contributed by atoms with Crippen molar-refractivity contribution in [2.75, 3.05) is 32.1 Å². The molecule has 2 unspecified atom stereocenters. The Kier molecular flexibility index (Phi) is 4.86. The van der Waals surface area contributed by atoms with E-state index in [4.69, 9.17) is 4.74 Å². The van der Waals surface area contributed by atoms with Crippen LogP contribution < -0.4 is 0 Å². The van der Waals surface area contributed by atoms with E-state index in [1.807, 2.05) is 4.90 Å². The number of alkyl halides is 1. The minimum atomic E-state index is 0.341. The van der Waals surface area contributed by atoms with E-state index < -0.39 is 0 Å². The number of amides is 1. The standard InChI is InChI=1S/C13H22BrNO2/c1-17-9-8-15(7-6-14)13(16)12-10-4-2-3-5-11(10)12/h10-12H,2-9H2,1H3. The fourth-order valence-corrected chi connectivity index (χ4v) is 3.63. The number of ether oxygens (including phenoxy) is 1. The summed E-state index contributed by atoms with van der Waals surface area (Å²) in [7, 11) is 1.69. The van der Waals surface area contributed by atoms with Crippen molar-refractivity contribution in [3.05, 3.63) is 0 Å². The zero-order valence-electron chi connectivity index (χ0n) is 10.5. The topological polar surface area (TPSA) is 29.5 Å². The summed E-state index contributed by atoms with van der Waals surface area (Å²) in [5, 5.41) is 0.852. The Hall–Kier alpha value is -0.0900. The molecule has 98 valence electrons. The van der Waals surface area contributed by atoms with Gasteiger partial charge in [0.05, 0.1) is 6.61 Å². The molecule has 2 rings (SSSR count). The third kappa shape index (κ3) is 3.02. The summed E-state index contributed by atoms with van der Waals surface area (Å²) in [5.41, 5.74) is 0. The molecule has 0 aliphatic heterocycles. The Morgan fingerprint density at radius 3 is 2.47 bits per heavy atom. The van der Waals surface area contributed by atoms with E-state index in [1.54, 1.807) is 7.11 Å². The third-order valence-corrected chi connectivity index (χ3v) is 4.53. The van der Waals surface area contributed by atoms with Gasteiger partial charge in [0.15, 0.2) is 0 Å². The molecule has 17 heavy (non-hydrogen) atoms. The molecule has 0 radical (unpaired) electrons. The quantitative estimate of drug-likeness (QED) is 0.705. The van der Waals surface area contributed by atoms with Gasteiger partial charge in [0, 0.05) is 31.4 Å². The number of rotatable bonds is 6. The molecular weight excluding hydrogens is 282 g/mol. The van der Waals surface area contributed by atoms with Gasteiger partial charge in [-0.05, 0) is 24.7 Å². The molecule has 2 aliphatic carbocycles. The van der Waals surface area contributed by atoms with Gasteiger partial charge in [-0.2, -0.15) is 0 Å². The predicted molar refractivity (Wildman–Crippen MR) is 71.2 cm³/mol. The summed E-state index contributed by atoms with van der Waals surface area (Å²) in [5.74, 6) is 2.13. The predicted octanol–water partition coefficient (Wildman–Crippen LogP) is 2.29. The lowest BCUT2D eigenvalue weighted by molar-refractivity contribution is -0.133. The zero-order chi connectivity index (χ0) is 12.3. The van der Waals surface area contributed by atoms with Gasteiger partial charge in [-0.1, -0.05) is 28.8 Å². The summed E-state index contributed by atoms with van der Waals surface area (Å²) in [6, 6.07) is 0. The summed E-state index contributed by atoms with van der Waals surface area (Å²) >= 11 is 3.42. The number of fused-ring (bicyclic) bond motifs is 1. The first kappa shape index (κ1) is 13.3. The Bertz CT molecular complexity index is 260. The van der Waals surface area contributed by atoms with Crippen LogP contribution in [0.15, 0.2) is 0 Å². The number of halogens is 1. The van der Waals surface area contributed by atoms with Crippen LogP contribution in [0.3, 0.4) is 0 Å². The van der Waals surface area contributed by atoms with Crippen LogP contribution in [0, 0.1) is 17.8 Å². The molecule has 0 bridgehead atoms. The number of nitrogens with zero attached hydrogens (tertiary/aromatic N) is 1. The lowest BCUT2D eigenvalue weighted by atomic mass is 10.0. The van der Waals surface area contributed by atoms with Crippen LogP contribution in [-0.2, 0) is 9.53 Å². The highest BCUT2D eigenvalue weighted by Gasteiger charge is 2.55. The molecule has 0 aromatic heterocycles. The second kappa shape index (κ2) is 6.19. The number of hydrogen-bond donors (Lipinski definition) is 0. The van der Waals surface area contributed by atoms with Crippen molar-refractivity contribution in [1.82, 2.24) is 4.90 Å². The molecular formula is C13H22BrNO2. The van der Waals surface area contributed by atoms with Crippen LogP contribution in [0.1, 0.15) is 25.7 Å². The zero-order valence-corrected chi connectivity index (χ0v) is 12.1. The fraction of sp³-hybridized carbons (Fsp3) is 0.923. The first-order valence-corrected chi connectivity index (χ1v) is 7.75. The van der Waals surface area contributed by atoms with Crippen LogP contribution in [0.2, 0.25) is 0 Å². The van der Waals surface area contributed by atoms with E-state index >= 15 is 0 Å². The van der Waals surface area contributed by atoms with E-state index in [1.165, 1.54) is 25.7 Å². The average molecular weight is 304 g/mol. The highest BCUT2D eigenvalue weighted by atomic mass is 79.9. The van der Waals surface area contributed by atoms with Gasteiger partial charge in [-0.15, -0.1) is 0 Å². The molecule has 0 spiro atoms. The minimum absolute atomic E-state index is 0.341. The van der Waals surface area contributed by atoms with Crippen molar-refractivity contribution in [3.63, 3.8) is 0 Å². The van der Waals surface area contributed by atoms with Gasteiger partial charge >= 0.3 is 0 Å². The van der Waals surface area contributed by atoms with Crippen molar-refractivity contribution >= 4 is 21.8 Å². The number of carbonyl (C=O) groups is 1. The van der Waals surface area contributed by atoms with Crippen molar-refractivity contribution < 1.29 is 9.53 Å². The Morgan fingerprint density at radius 2 is 1.94 bits per heavy atom. The monoisotopic (exact) mass is 303 g/mol. The van der Waals surface area contributed by atoms with E-state index in [0.717, 1.165) is 18.4 Å². The molecule has 3 nitrogen and oxygen atoms in total. The van der Waals surface area contributed by atoms with Crippen molar-refractivity contribution in [2.45, 2.75) is 25.7 Å². The molecule has 2 atom stereocenters. The van der Waals surface area contributed by atoms with Gasteiger partial charge < -0.3 is 9.64 Å². The summed E-state index contributed by atoms with van der Waals surface area (Å²) in [4.78, 5) is 14.4. The van der Waals surface area contributed by atoms with E-state index in [-0.39, 0.29) is 0 Å². The first-order valence-electron chi connectivity index (χ1n) is 6.63. The second-order valence-electron chi connectivity index (χ2n) is 5.15. The molecule has 2 aliphatic rings. The van der Waals surface area contributed by atoms with Gasteiger partial charge in [0.2, 0.25) is 5.91 Å². The Balaban J connectivity index is 1.87. The molecule has 0 aromatic carbocycles. The molecule has 4 heteroatoms. The largest absolute Gasteiger partial charge is 0.383 e. The van der Waals surface area contributed by atoms with E-state index in [2.05, 4.69) is 15.9 Å². The van der Waals surface area contributed by atoms with Crippen molar-refractivity contribution in [2.24, 2.45) is 17.8 Å². The fourth-order valence-electron chi connectivity index (χ4n) is 3.21. The maximum atomic E-state index is 12.4. The van der Waals surface area contributed by atoms with Gasteiger partial charge in [0.1, 0.15) is 0 Å². The number of hydrogen-bond acceptors (Lipinski definition) is 2. The number of methoxy groups -OCH3 is 1. The average Bonchev–Trinajstić information content (AvgIpc) is 3.08. The first-order chi connectivity index (χ1) is 8.29. The maximum absolute atomic E-state index is 12.4. The highest BCUT2D eigenvalue weighted by molar-refractivity contribution is 9.09. The molecule has 0 N–H and O–H groups in total. The Morgan fingerprint density at radius 1 is 1.29 bits per heavy atom. The Labute approximate surface area is 112 Å². The van der Waals surface area contributed by atoms with E-state index in [0.29, 0.717) is 30.3 Å². The second-order valence-corrected chi connectivity index (χ2v) is 5.94. The highest BCUT2D eigenvalue weighted by Crippen LogP contribution is 2.56. The molecule has 0 saturated heterocycles. The van der Waals surface area contributed by atoms with Crippen molar-refractivity contribution in [3.8, 4) is 0 Å². The van der Waals surface area contributed by atoms with Crippen LogP contribution in [0.25, 0.3) is 0 Å². The van der Waals surface area contributed by atoms with Gasteiger partial charge in [-0.3, -0.25) is 4.79 Å². The van der Waals surface area contributed by atoms with E-state index in [9.17, 15) is 4.79 Å². The van der Waals surface area contributed by atoms with Crippen LogP contribution in [0.5, 0.6) is 0 Å². The minimum Gasteiger partial charge on any atom is -0.383 e. The molecule has 2 fully saturated rings. The summed E-state index contributed by atoms with van der Waals surface area (Å²) in [6.45, 7) is 2.18. The lowest BCUT2D eigenvalue weighted by Crippen LogP contribution is -2.37. The van der Waals surface area contributed by atoms with Gasteiger partial charge in [0.25, 0.3) is 0 Å². The smallest absolute Gasteiger partial charge is 0.226 e. The van der Waals surface area contributed by atoms with Crippen molar-refractivity contribution in [1.29, 1.82) is 0 Å². The normalized spacial score (nSPS) is 30.8. The van der Waals surface area contributed by atoms with Gasteiger partial charge in [-0.25, -0.2) is 0 Å². The summed E-state index contributed by atoms with van der Waals surface area (Å²) < 4.78 is 5.08. The lowest BCUT2D eigenvalue weighted by Gasteiger charge is -2.21. The molecule has 0 heterocycles. The molecule has 0 aromatic rings. The summed E-state index contributed by atoms with van der Waals surface area (Å²) in [6.07, 6.45) is 5.18. The molecule has 1 amide bonds. The molecule has 2 saturated carbocycles. The van der Waals surface area contributed by atoms with Crippen LogP contribution in [0.4, 0.5) is 0 Å².